The Morgan fingerprint density at radius 1 is 1.00 bits per heavy atom. The van der Waals surface area contributed by atoms with E-state index in [4.69, 9.17) is 5.73 Å². The van der Waals surface area contributed by atoms with Gasteiger partial charge in [-0.05, 0) is 30.3 Å². The summed E-state index contributed by atoms with van der Waals surface area (Å²) >= 11 is 0. The summed E-state index contributed by atoms with van der Waals surface area (Å²) in [5, 5.41) is 2.75. The van der Waals surface area contributed by atoms with E-state index in [9.17, 15) is 18.0 Å². The van der Waals surface area contributed by atoms with Gasteiger partial charge in [-0.1, -0.05) is 30.3 Å². The maximum Gasteiger partial charge on any atom is 0.416 e. The van der Waals surface area contributed by atoms with E-state index >= 15 is 0 Å². The quantitative estimate of drug-likeness (QED) is 0.667. The minimum absolute atomic E-state index is 0.0147. The predicted octanol–water partition coefficient (Wildman–Crippen LogP) is 4.66. The van der Waals surface area contributed by atoms with Crippen molar-refractivity contribution in [3.8, 4) is 0 Å². The van der Waals surface area contributed by atoms with E-state index in [0.717, 1.165) is 18.2 Å². The van der Waals surface area contributed by atoms with E-state index in [1.54, 1.807) is 42.5 Å². The molecule has 0 spiro atoms. The highest BCUT2D eigenvalue weighted by Crippen LogP contribution is 2.34. The van der Waals surface area contributed by atoms with Crippen LogP contribution < -0.4 is 11.1 Å². The fourth-order valence-electron chi connectivity index (χ4n) is 2.42. The Labute approximate surface area is 147 Å². The van der Waals surface area contributed by atoms with Crippen molar-refractivity contribution >= 4 is 23.0 Å². The third kappa shape index (κ3) is 3.66. The van der Waals surface area contributed by atoms with Gasteiger partial charge in [0, 0.05) is 17.3 Å². The number of nitrogens with two attached hydrogens (primary N) is 1. The molecule has 0 bridgehead atoms. The summed E-state index contributed by atoms with van der Waals surface area (Å²) in [5.74, 6) is -0.231. The lowest BCUT2D eigenvalue weighted by Gasteiger charge is -2.15. The number of carbonyl (C=O) groups is 1. The molecule has 0 aliphatic heterocycles. The molecule has 3 N–H and O–H groups in total. The van der Waals surface area contributed by atoms with E-state index in [1.807, 2.05) is 0 Å². The molecule has 3 rings (SSSR count). The fraction of sp³-hybridized carbons (Fsp3) is 0.0526. The fourth-order valence-corrected chi connectivity index (χ4v) is 2.42. The summed E-state index contributed by atoms with van der Waals surface area (Å²) in [6.45, 7) is 0. The molecule has 0 saturated carbocycles. The van der Waals surface area contributed by atoms with E-state index < -0.39 is 17.5 Å². The van der Waals surface area contributed by atoms with Gasteiger partial charge in [0.2, 0.25) is 0 Å². The number of alkyl halides is 3. The SMILES string of the molecule is Nc1cccnc1Nc1cc(C(F)(F)F)ccc1C(=O)c1ccccc1. The van der Waals surface area contributed by atoms with Crippen LogP contribution in [0.4, 0.5) is 30.4 Å². The molecule has 0 aliphatic carbocycles. The van der Waals surface area contributed by atoms with Gasteiger partial charge < -0.3 is 11.1 Å². The molecule has 0 aliphatic rings. The van der Waals surface area contributed by atoms with E-state index in [-0.39, 0.29) is 22.8 Å². The molecule has 0 amide bonds. The number of rotatable bonds is 4. The lowest BCUT2D eigenvalue weighted by molar-refractivity contribution is -0.137. The summed E-state index contributed by atoms with van der Waals surface area (Å²) in [7, 11) is 0. The molecular formula is C19H14F3N3O. The van der Waals surface area contributed by atoms with Crippen molar-refractivity contribution in [2.75, 3.05) is 11.1 Å². The Morgan fingerprint density at radius 3 is 2.38 bits per heavy atom. The molecule has 3 aromatic rings. The van der Waals surface area contributed by atoms with Crippen molar-refractivity contribution in [2.24, 2.45) is 0 Å². The number of benzene rings is 2. The number of carbonyl (C=O) groups excluding carboxylic acids is 1. The normalized spacial score (nSPS) is 11.2. The van der Waals surface area contributed by atoms with Crippen molar-refractivity contribution in [1.29, 1.82) is 0 Å². The van der Waals surface area contributed by atoms with Crippen molar-refractivity contribution in [1.82, 2.24) is 4.98 Å². The van der Waals surface area contributed by atoms with Crippen LogP contribution in [0.2, 0.25) is 0 Å². The van der Waals surface area contributed by atoms with Gasteiger partial charge in [-0.3, -0.25) is 4.79 Å². The van der Waals surface area contributed by atoms with E-state index in [0.29, 0.717) is 5.56 Å². The minimum atomic E-state index is -4.54. The van der Waals surface area contributed by atoms with Gasteiger partial charge in [-0.2, -0.15) is 13.2 Å². The number of hydrogen-bond donors (Lipinski definition) is 2. The Kier molecular flexibility index (Phi) is 4.62. The summed E-state index contributed by atoms with van der Waals surface area (Å²) in [4.78, 5) is 16.7. The second-order valence-corrected chi connectivity index (χ2v) is 5.52. The number of nitrogens with zero attached hydrogens (tertiary/aromatic N) is 1. The first-order chi connectivity index (χ1) is 12.4. The number of hydrogen-bond acceptors (Lipinski definition) is 4. The van der Waals surface area contributed by atoms with Crippen molar-refractivity contribution in [3.05, 3.63) is 83.6 Å². The largest absolute Gasteiger partial charge is 0.416 e. The van der Waals surface area contributed by atoms with Gasteiger partial charge >= 0.3 is 6.18 Å². The Bertz CT molecular complexity index is 940. The third-order valence-corrected chi connectivity index (χ3v) is 3.72. The number of aromatic nitrogens is 1. The number of nitrogens with one attached hydrogen (secondary N) is 1. The monoisotopic (exact) mass is 357 g/mol. The summed E-state index contributed by atoms with van der Waals surface area (Å²) in [6, 6.07) is 14.4. The van der Waals surface area contributed by atoms with E-state index in [1.165, 1.54) is 6.20 Å². The van der Waals surface area contributed by atoms with Gasteiger partial charge in [0.25, 0.3) is 0 Å². The van der Waals surface area contributed by atoms with E-state index in [2.05, 4.69) is 10.3 Å². The minimum Gasteiger partial charge on any atom is -0.396 e. The third-order valence-electron chi connectivity index (χ3n) is 3.72. The zero-order chi connectivity index (χ0) is 18.7. The van der Waals surface area contributed by atoms with Crippen LogP contribution in [0.25, 0.3) is 0 Å². The van der Waals surface area contributed by atoms with Crippen LogP contribution in [-0.2, 0) is 6.18 Å². The highest BCUT2D eigenvalue weighted by atomic mass is 19.4. The topological polar surface area (TPSA) is 68.0 Å². The molecule has 2 aromatic carbocycles. The zero-order valence-electron chi connectivity index (χ0n) is 13.4. The Hall–Kier alpha value is -3.35. The molecule has 0 radical (unpaired) electrons. The van der Waals surface area contributed by atoms with Gasteiger partial charge in [-0.25, -0.2) is 4.98 Å². The molecule has 0 unspecified atom stereocenters. The van der Waals surface area contributed by atoms with Gasteiger partial charge in [0.1, 0.15) is 0 Å². The van der Waals surface area contributed by atoms with Gasteiger partial charge in [0.05, 0.1) is 16.9 Å². The Balaban J connectivity index is 2.09. The summed E-state index contributed by atoms with van der Waals surface area (Å²) < 4.78 is 39.3. The average molecular weight is 357 g/mol. The molecule has 0 atom stereocenters. The summed E-state index contributed by atoms with van der Waals surface area (Å²) in [6.07, 6.45) is -3.09. The molecule has 4 nitrogen and oxygen atoms in total. The van der Waals surface area contributed by atoms with Crippen LogP contribution in [-0.4, -0.2) is 10.8 Å². The summed E-state index contributed by atoms with van der Waals surface area (Å²) in [5.41, 5.74) is 5.62. The second-order valence-electron chi connectivity index (χ2n) is 5.52. The second kappa shape index (κ2) is 6.87. The molecule has 132 valence electrons. The van der Waals surface area contributed by atoms with Crippen LogP contribution in [0.5, 0.6) is 0 Å². The first-order valence-electron chi connectivity index (χ1n) is 7.65. The molecule has 0 saturated heterocycles. The highest BCUT2D eigenvalue weighted by molar-refractivity contribution is 6.12. The Morgan fingerprint density at radius 2 is 1.73 bits per heavy atom. The number of pyridine rings is 1. The first kappa shape index (κ1) is 17.5. The van der Waals surface area contributed by atoms with Crippen LogP contribution in [0.1, 0.15) is 21.5 Å². The van der Waals surface area contributed by atoms with Crippen LogP contribution in [0.3, 0.4) is 0 Å². The van der Waals surface area contributed by atoms with Crippen molar-refractivity contribution in [3.63, 3.8) is 0 Å². The average Bonchev–Trinajstić information content (AvgIpc) is 2.63. The molecule has 1 aromatic heterocycles. The number of nitrogen functional groups attached to an aromatic ring is 1. The molecule has 7 heteroatoms. The molecule has 1 heterocycles. The smallest absolute Gasteiger partial charge is 0.396 e. The number of halogens is 3. The van der Waals surface area contributed by atoms with Crippen molar-refractivity contribution in [2.45, 2.75) is 6.18 Å². The maximum absolute atomic E-state index is 13.1. The van der Waals surface area contributed by atoms with Crippen LogP contribution in [0, 0.1) is 0 Å². The van der Waals surface area contributed by atoms with Crippen molar-refractivity contribution < 1.29 is 18.0 Å². The highest BCUT2D eigenvalue weighted by Gasteiger charge is 2.31. The first-order valence-corrected chi connectivity index (χ1v) is 7.65. The molecule has 26 heavy (non-hydrogen) atoms. The maximum atomic E-state index is 13.1. The molecular weight excluding hydrogens is 343 g/mol. The van der Waals surface area contributed by atoms with Gasteiger partial charge in [0.15, 0.2) is 11.6 Å². The molecule has 0 fully saturated rings. The zero-order valence-corrected chi connectivity index (χ0v) is 13.4. The number of ketones is 1. The number of anilines is 3. The van der Waals surface area contributed by atoms with Crippen LogP contribution in [0.15, 0.2) is 66.9 Å². The van der Waals surface area contributed by atoms with Gasteiger partial charge in [-0.15, -0.1) is 0 Å². The standard InChI is InChI=1S/C19H14F3N3O/c20-19(21,22)13-8-9-14(17(26)12-5-2-1-3-6-12)16(11-13)25-18-15(23)7-4-10-24-18/h1-11H,23H2,(H,24,25). The van der Waals surface area contributed by atoms with Crippen LogP contribution >= 0.6 is 0 Å². The lowest BCUT2D eigenvalue weighted by atomic mass is 9.99. The lowest BCUT2D eigenvalue weighted by Crippen LogP contribution is -2.11. The predicted molar refractivity (Wildman–Crippen MR) is 93.3 cm³/mol.